The second kappa shape index (κ2) is 8.33. The summed E-state index contributed by atoms with van der Waals surface area (Å²) in [5.41, 5.74) is 1.92. The number of hydrogen-bond acceptors (Lipinski definition) is 3. The predicted molar refractivity (Wildman–Crippen MR) is 108 cm³/mol. The number of benzene rings is 3. The maximum absolute atomic E-state index is 12.5. The first-order chi connectivity index (χ1) is 13.3. The van der Waals surface area contributed by atoms with E-state index in [0.717, 1.165) is 37.0 Å². The summed E-state index contributed by atoms with van der Waals surface area (Å²) in [5.74, 6) is -0.0198. The molecule has 1 aliphatic heterocycles. The van der Waals surface area contributed by atoms with Gasteiger partial charge in [0.1, 0.15) is 0 Å². The fraction of sp³-hybridized carbons (Fsp3) is 0.261. The molecule has 0 spiro atoms. The lowest BCUT2D eigenvalue weighted by Crippen LogP contribution is -2.42. The second-order valence-corrected chi connectivity index (χ2v) is 6.89. The Labute approximate surface area is 159 Å². The standard InChI is InChI=1S/C23H24N2O2/c26-23(21-11-10-18-6-4-5-9-20(18)16-21)24-12-13-25-14-15-27-22(17-25)19-7-2-1-3-8-19/h1-11,16,22H,12-15,17H2,(H,24,26). The molecule has 0 aromatic heterocycles. The van der Waals surface area contributed by atoms with Gasteiger partial charge in [-0.1, -0.05) is 60.7 Å². The van der Waals surface area contributed by atoms with Crippen LogP contribution in [0.4, 0.5) is 0 Å². The highest BCUT2D eigenvalue weighted by atomic mass is 16.5. The summed E-state index contributed by atoms with van der Waals surface area (Å²) < 4.78 is 5.90. The summed E-state index contributed by atoms with van der Waals surface area (Å²) in [6.07, 6.45) is 0.108. The minimum absolute atomic E-state index is 0.0198. The van der Waals surface area contributed by atoms with Gasteiger partial charge in [-0.2, -0.15) is 0 Å². The Morgan fingerprint density at radius 1 is 1.00 bits per heavy atom. The van der Waals surface area contributed by atoms with Crippen molar-refractivity contribution in [1.82, 2.24) is 10.2 Å². The Morgan fingerprint density at radius 3 is 2.63 bits per heavy atom. The van der Waals surface area contributed by atoms with Crippen LogP contribution in [-0.4, -0.2) is 43.6 Å². The van der Waals surface area contributed by atoms with Gasteiger partial charge in [-0.05, 0) is 28.5 Å². The second-order valence-electron chi connectivity index (χ2n) is 6.89. The molecule has 1 atom stereocenters. The molecule has 0 saturated carbocycles. The van der Waals surface area contributed by atoms with Crippen LogP contribution in [0.1, 0.15) is 22.0 Å². The Kier molecular flexibility index (Phi) is 5.47. The van der Waals surface area contributed by atoms with Gasteiger partial charge in [-0.15, -0.1) is 0 Å². The van der Waals surface area contributed by atoms with Crippen LogP contribution < -0.4 is 5.32 Å². The molecule has 1 saturated heterocycles. The van der Waals surface area contributed by atoms with Crippen LogP contribution in [0.25, 0.3) is 10.8 Å². The first kappa shape index (κ1) is 17.7. The first-order valence-corrected chi connectivity index (χ1v) is 9.45. The number of fused-ring (bicyclic) bond motifs is 1. The summed E-state index contributed by atoms with van der Waals surface area (Å²) in [4.78, 5) is 14.8. The van der Waals surface area contributed by atoms with Crippen LogP contribution in [-0.2, 0) is 4.74 Å². The number of morpholine rings is 1. The summed E-state index contributed by atoms with van der Waals surface area (Å²) in [6.45, 7) is 3.93. The molecule has 27 heavy (non-hydrogen) atoms. The van der Waals surface area contributed by atoms with E-state index >= 15 is 0 Å². The highest BCUT2D eigenvalue weighted by Crippen LogP contribution is 2.21. The fourth-order valence-electron chi connectivity index (χ4n) is 3.54. The van der Waals surface area contributed by atoms with E-state index in [1.165, 1.54) is 5.56 Å². The van der Waals surface area contributed by atoms with Crippen molar-refractivity contribution in [2.75, 3.05) is 32.8 Å². The molecule has 4 nitrogen and oxygen atoms in total. The summed E-state index contributed by atoms with van der Waals surface area (Å²) >= 11 is 0. The lowest BCUT2D eigenvalue weighted by atomic mass is 10.1. The molecule has 0 bridgehead atoms. The molecule has 1 heterocycles. The van der Waals surface area contributed by atoms with Gasteiger partial charge in [0.2, 0.25) is 0 Å². The van der Waals surface area contributed by atoms with E-state index in [4.69, 9.17) is 4.74 Å². The minimum Gasteiger partial charge on any atom is -0.371 e. The molecule has 3 aromatic rings. The molecule has 138 valence electrons. The molecule has 0 radical (unpaired) electrons. The van der Waals surface area contributed by atoms with Crippen molar-refractivity contribution in [2.45, 2.75) is 6.10 Å². The third-order valence-corrected chi connectivity index (χ3v) is 5.05. The molecule has 4 rings (SSSR count). The maximum atomic E-state index is 12.5. The number of rotatable bonds is 5. The zero-order valence-electron chi connectivity index (χ0n) is 15.3. The van der Waals surface area contributed by atoms with Crippen molar-refractivity contribution in [3.05, 3.63) is 83.9 Å². The summed E-state index contributed by atoms with van der Waals surface area (Å²) in [5, 5.41) is 5.28. The van der Waals surface area contributed by atoms with Crippen molar-refractivity contribution < 1.29 is 9.53 Å². The maximum Gasteiger partial charge on any atom is 0.251 e. The number of ether oxygens (including phenoxy) is 1. The predicted octanol–water partition coefficient (Wildman–Crippen LogP) is 3.64. The first-order valence-electron chi connectivity index (χ1n) is 9.45. The molecule has 3 aromatic carbocycles. The topological polar surface area (TPSA) is 41.6 Å². The number of carbonyl (C=O) groups is 1. The normalized spacial score (nSPS) is 17.7. The highest BCUT2D eigenvalue weighted by molar-refractivity contribution is 5.98. The number of hydrogen-bond donors (Lipinski definition) is 1. The molecule has 0 aliphatic carbocycles. The average molecular weight is 360 g/mol. The zero-order chi connectivity index (χ0) is 18.5. The van der Waals surface area contributed by atoms with Crippen LogP contribution >= 0.6 is 0 Å². The fourth-order valence-corrected chi connectivity index (χ4v) is 3.54. The number of carbonyl (C=O) groups excluding carboxylic acids is 1. The van der Waals surface area contributed by atoms with E-state index in [2.05, 4.69) is 28.4 Å². The van der Waals surface area contributed by atoms with Crippen LogP contribution in [0.15, 0.2) is 72.8 Å². The van der Waals surface area contributed by atoms with Gasteiger partial charge in [0.25, 0.3) is 5.91 Å². The molecule has 4 heteroatoms. The van der Waals surface area contributed by atoms with Gasteiger partial charge in [0, 0.05) is 31.7 Å². The molecule has 1 fully saturated rings. The summed E-state index contributed by atoms with van der Waals surface area (Å²) in [6, 6.07) is 24.2. The highest BCUT2D eigenvalue weighted by Gasteiger charge is 2.21. The van der Waals surface area contributed by atoms with Crippen LogP contribution in [0.2, 0.25) is 0 Å². The molecule has 1 N–H and O–H groups in total. The molecular weight excluding hydrogens is 336 g/mol. The monoisotopic (exact) mass is 360 g/mol. The van der Waals surface area contributed by atoms with E-state index in [-0.39, 0.29) is 12.0 Å². The van der Waals surface area contributed by atoms with Crippen molar-refractivity contribution in [3.63, 3.8) is 0 Å². The van der Waals surface area contributed by atoms with Gasteiger partial charge in [0.15, 0.2) is 0 Å². The van der Waals surface area contributed by atoms with Crippen molar-refractivity contribution in [3.8, 4) is 0 Å². The average Bonchev–Trinajstić information content (AvgIpc) is 2.74. The number of nitrogens with one attached hydrogen (secondary N) is 1. The Bertz CT molecular complexity index is 910. The van der Waals surface area contributed by atoms with E-state index < -0.39 is 0 Å². The lowest BCUT2D eigenvalue weighted by Gasteiger charge is -2.33. The van der Waals surface area contributed by atoms with Gasteiger partial charge in [0.05, 0.1) is 12.7 Å². The number of nitrogens with zero attached hydrogens (tertiary/aromatic N) is 1. The van der Waals surface area contributed by atoms with Gasteiger partial charge in [-0.25, -0.2) is 0 Å². The smallest absolute Gasteiger partial charge is 0.251 e. The van der Waals surface area contributed by atoms with Crippen LogP contribution in [0.3, 0.4) is 0 Å². The third-order valence-electron chi connectivity index (χ3n) is 5.05. The Morgan fingerprint density at radius 2 is 1.78 bits per heavy atom. The third kappa shape index (κ3) is 4.35. The molecule has 1 amide bonds. The zero-order valence-corrected chi connectivity index (χ0v) is 15.3. The van der Waals surface area contributed by atoms with Crippen molar-refractivity contribution >= 4 is 16.7 Å². The Hall–Kier alpha value is -2.69. The quantitative estimate of drug-likeness (QED) is 0.755. The molecule has 1 unspecified atom stereocenters. The minimum atomic E-state index is -0.0198. The van der Waals surface area contributed by atoms with E-state index in [1.807, 2.05) is 54.6 Å². The number of amides is 1. The van der Waals surface area contributed by atoms with E-state index in [1.54, 1.807) is 0 Å². The van der Waals surface area contributed by atoms with Crippen LogP contribution in [0.5, 0.6) is 0 Å². The van der Waals surface area contributed by atoms with Gasteiger partial charge in [-0.3, -0.25) is 9.69 Å². The van der Waals surface area contributed by atoms with Crippen LogP contribution in [0, 0.1) is 0 Å². The Balaban J connectivity index is 1.30. The van der Waals surface area contributed by atoms with E-state index in [9.17, 15) is 4.79 Å². The molecular formula is C23H24N2O2. The van der Waals surface area contributed by atoms with Gasteiger partial charge < -0.3 is 10.1 Å². The van der Waals surface area contributed by atoms with Gasteiger partial charge >= 0.3 is 0 Å². The van der Waals surface area contributed by atoms with Crippen molar-refractivity contribution in [1.29, 1.82) is 0 Å². The lowest BCUT2D eigenvalue weighted by molar-refractivity contribution is -0.0293. The summed E-state index contributed by atoms with van der Waals surface area (Å²) in [7, 11) is 0. The SMILES string of the molecule is O=C(NCCN1CCOC(c2ccccc2)C1)c1ccc2ccccc2c1. The molecule has 1 aliphatic rings. The van der Waals surface area contributed by atoms with E-state index in [0.29, 0.717) is 12.1 Å². The largest absolute Gasteiger partial charge is 0.371 e. The van der Waals surface area contributed by atoms with Crippen molar-refractivity contribution in [2.24, 2.45) is 0 Å².